The van der Waals surface area contributed by atoms with Crippen LogP contribution in [0.25, 0.3) is 0 Å². The van der Waals surface area contributed by atoms with Crippen molar-refractivity contribution in [3.05, 3.63) is 29.3 Å². The minimum Gasteiger partial charge on any atom is -0.398 e. The maximum Gasteiger partial charge on any atom is 0.263 e. The SMILES string of the molecule is Nc1cccc2c1C(=O)N(C1CC3CCC1O3)C2=O. The lowest BCUT2D eigenvalue weighted by Crippen LogP contribution is -2.45. The first-order valence-electron chi connectivity index (χ1n) is 6.58. The Hall–Kier alpha value is -1.88. The van der Waals surface area contributed by atoms with Crippen molar-refractivity contribution in [3.63, 3.8) is 0 Å². The molecule has 1 aromatic carbocycles. The van der Waals surface area contributed by atoms with E-state index in [2.05, 4.69) is 0 Å². The molecule has 5 nitrogen and oxygen atoms in total. The van der Waals surface area contributed by atoms with E-state index in [1.54, 1.807) is 18.2 Å². The largest absolute Gasteiger partial charge is 0.398 e. The lowest BCUT2D eigenvalue weighted by molar-refractivity contribution is 0.0452. The third-order valence-electron chi connectivity index (χ3n) is 4.38. The summed E-state index contributed by atoms with van der Waals surface area (Å²) >= 11 is 0. The third-order valence-corrected chi connectivity index (χ3v) is 4.38. The summed E-state index contributed by atoms with van der Waals surface area (Å²) in [7, 11) is 0. The van der Waals surface area contributed by atoms with E-state index < -0.39 is 0 Å². The molecule has 1 aromatic rings. The Labute approximate surface area is 110 Å². The van der Waals surface area contributed by atoms with E-state index in [0.29, 0.717) is 16.8 Å². The van der Waals surface area contributed by atoms with Gasteiger partial charge in [0.15, 0.2) is 0 Å². The molecule has 0 aromatic heterocycles. The summed E-state index contributed by atoms with van der Waals surface area (Å²) in [5, 5.41) is 0. The monoisotopic (exact) mass is 258 g/mol. The molecule has 2 bridgehead atoms. The molecule has 0 spiro atoms. The van der Waals surface area contributed by atoms with E-state index in [9.17, 15) is 9.59 Å². The van der Waals surface area contributed by atoms with Gasteiger partial charge in [-0.2, -0.15) is 0 Å². The van der Waals surface area contributed by atoms with Gasteiger partial charge in [-0.15, -0.1) is 0 Å². The quantitative estimate of drug-likeness (QED) is 0.606. The Morgan fingerprint density at radius 1 is 1.21 bits per heavy atom. The number of rotatable bonds is 1. The van der Waals surface area contributed by atoms with Crippen LogP contribution >= 0.6 is 0 Å². The van der Waals surface area contributed by atoms with Gasteiger partial charge < -0.3 is 10.5 Å². The van der Waals surface area contributed by atoms with Crippen LogP contribution < -0.4 is 5.73 Å². The Morgan fingerprint density at radius 2 is 2.05 bits per heavy atom. The Balaban J connectivity index is 1.75. The molecule has 3 aliphatic rings. The molecule has 98 valence electrons. The average molecular weight is 258 g/mol. The van der Waals surface area contributed by atoms with Gasteiger partial charge in [0.1, 0.15) is 0 Å². The van der Waals surface area contributed by atoms with Crippen LogP contribution in [0.5, 0.6) is 0 Å². The fraction of sp³-hybridized carbons (Fsp3) is 0.429. The minimum absolute atomic E-state index is 0.00781. The second-order valence-corrected chi connectivity index (χ2v) is 5.43. The van der Waals surface area contributed by atoms with Crippen molar-refractivity contribution in [2.75, 3.05) is 5.73 Å². The number of hydrogen-bond donors (Lipinski definition) is 1. The molecule has 3 atom stereocenters. The molecule has 2 fully saturated rings. The van der Waals surface area contributed by atoms with Crippen LogP contribution in [0.3, 0.4) is 0 Å². The smallest absolute Gasteiger partial charge is 0.263 e. The van der Waals surface area contributed by atoms with Gasteiger partial charge in [-0.3, -0.25) is 14.5 Å². The van der Waals surface area contributed by atoms with Crippen molar-refractivity contribution in [3.8, 4) is 0 Å². The zero-order valence-corrected chi connectivity index (χ0v) is 10.3. The van der Waals surface area contributed by atoms with E-state index in [1.165, 1.54) is 4.90 Å². The summed E-state index contributed by atoms with van der Waals surface area (Å²) in [4.78, 5) is 26.2. The highest BCUT2D eigenvalue weighted by Gasteiger charge is 2.50. The summed E-state index contributed by atoms with van der Waals surface area (Å²) in [5.74, 6) is -0.493. The predicted octanol–water partition coefficient (Wildman–Crippen LogP) is 1.18. The number of ether oxygens (including phenoxy) is 1. The van der Waals surface area contributed by atoms with Crippen LogP contribution in [0.4, 0.5) is 5.69 Å². The van der Waals surface area contributed by atoms with E-state index in [1.807, 2.05) is 0 Å². The molecule has 0 saturated carbocycles. The van der Waals surface area contributed by atoms with Gasteiger partial charge in [0.2, 0.25) is 0 Å². The van der Waals surface area contributed by atoms with Crippen molar-refractivity contribution in [2.24, 2.45) is 0 Å². The standard InChI is InChI=1S/C14H14N2O3/c15-9-3-1-2-8-12(9)14(18)16(13(8)17)10-6-7-4-5-11(10)19-7/h1-3,7,10-11H,4-6,15H2. The van der Waals surface area contributed by atoms with Crippen LogP contribution in [-0.4, -0.2) is 35.0 Å². The number of carbonyl (C=O) groups excluding carboxylic acids is 2. The summed E-state index contributed by atoms with van der Waals surface area (Å²) in [6, 6.07) is 4.91. The fourth-order valence-corrected chi connectivity index (χ4v) is 3.51. The topological polar surface area (TPSA) is 72.6 Å². The fourth-order valence-electron chi connectivity index (χ4n) is 3.51. The first kappa shape index (κ1) is 11.0. The van der Waals surface area contributed by atoms with Crippen molar-refractivity contribution >= 4 is 17.5 Å². The second-order valence-electron chi connectivity index (χ2n) is 5.43. The molecule has 2 N–H and O–H groups in total. The molecule has 3 unspecified atom stereocenters. The number of imide groups is 1. The number of amides is 2. The summed E-state index contributed by atoms with van der Waals surface area (Å²) in [6.45, 7) is 0. The zero-order chi connectivity index (χ0) is 13.1. The normalized spacial score (nSPS) is 32.2. The number of benzene rings is 1. The summed E-state index contributed by atoms with van der Waals surface area (Å²) in [6.07, 6.45) is 2.94. The van der Waals surface area contributed by atoms with Gasteiger partial charge in [0, 0.05) is 5.69 Å². The maximum atomic E-state index is 12.5. The van der Waals surface area contributed by atoms with E-state index in [-0.39, 0.29) is 30.1 Å². The Morgan fingerprint density at radius 3 is 2.68 bits per heavy atom. The molecule has 19 heavy (non-hydrogen) atoms. The number of nitrogens with two attached hydrogens (primary N) is 1. The number of nitrogens with zero attached hydrogens (tertiary/aromatic N) is 1. The third kappa shape index (κ3) is 1.33. The Kier molecular flexibility index (Phi) is 2.07. The van der Waals surface area contributed by atoms with Crippen LogP contribution in [0.2, 0.25) is 0 Å². The van der Waals surface area contributed by atoms with Gasteiger partial charge in [-0.25, -0.2) is 0 Å². The lowest BCUT2D eigenvalue weighted by Gasteiger charge is -2.27. The average Bonchev–Trinajstić information content (AvgIpc) is 3.05. The predicted molar refractivity (Wildman–Crippen MR) is 67.7 cm³/mol. The molecule has 0 aliphatic carbocycles. The van der Waals surface area contributed by atoms with Gasteiger partial charge in [0.05, 0.1) is 29.4 Å². The first-order valence-corrected chi connectivity index (χ1v) is 6.58. The van der Waals surface area contributed by atoms with E-state index in [4.69, 9.17) is 10.5 Å². The Bertz CT molecular complexity index is 598. The van der Waals surface area contributed by atoms with Crippen LogP contribution in [0, 0.1) is 0 Å². The lowest BCUT2D eigenvalue weighted by atomic mass is 9.94. The number of hydrogen-bond acceptors (Lipinski definition) is 4. The highest BCUT2D eigenvalue weighted by atomic mass is 16.5. The number of fused-ring (bicyclic) bond motifs is 3. The molecule has 2 amide bonds. The molecule has 2 saturated heterocycles. The van der Waals surface area contributed by atoms with Crippen LogP contribution in [0.15, 0.2) is 18.2 Å². The second kappa shape index (κ2) is 3.57. The minimum atomic E-state index is -0.265. The molecular weight excluding hydrogens is 244 g/mol. The number of nitrogen functional groups attached to an aromatic ring is 1. The maximum absolute atomic E-state index is 12.5. The van der Waals surface area contributed by atoms with Crippen LogP contribution in [0.1, 0.15) is 40.0 Å². The molecular formula is C14H14N2O3. The number of carbonyl (C=O) groups is 2. The van der Waals surface area contributed by atoms with Crippen molar-refractivity contribution in [2.45, 2.75) is 37.5 Å². The molecule has 5 heteroatoms. The van der Waals surface area contributed by atoms with Crippen molar-refractivity contribution in [1.82, 2.24) is 4.90 Å². The van der Waals surface area contributed by atoms with Gasteiger partial charge in [-0.1, -0.05) is 6.07 Å². The van der Waals surface area contributed by atoms with Gasteiger partial charge >= 0.3 is 0 Å². The molecule has 3 heterocycles. The summed E-state index contributed by atoms with van der Waals surface area (Å²) < 4.78 is 5.75. The van der Waals surface area contributed by atoms with Crippen molar-refractivity contribution < 1.29 is 14.3 Å². The van der Waals surface area contributed by atoms with E-state index >= 15 is 0 Å². The highest BCUT2D eigenvalue weighted by Crippen LogP contribution is 2.40. The van der Waals surface area contributed by atoms with E-state index in [0.717, 1.165) is 19.3 Å². The first-order chi connectivity index (χ1) is 9.16. The van der Waals surface area contributed by atoms with Crippen molar-refractivity contribution in [1.29, 1.82) is 0 Å². The van der Waals surface area contributed by atoms with Crippen LogP contribution in [-0.2, 0) is 4.74 Å². The van der Waals surface area contributed by atoms with Gasteiger partial charge in [0.25, 0.3) is 11.8 Å². The highest BCUT2D eigenvalue weighted by molar-refractivity contribution is 6.23. The molecule has 3 aliphatic heterocycles. The zero-order valence-electron chi connectivity index (χ0n) is 10.3. The number of anilines is 1. The molecule has 0 radical (unpaired) electrons. The summed E-state index contributed by atoms with van der Waals surface area (Å²) in [5.41, 5.74) is 6.99. The molecule has 4 rings (SSSR count). The van der Waals surface area contributed by atoms with Gasteiger partial charge in [-0.05, 0) is 31.4 Å².